The third kappa shape index (κ3) is 8.73. The van der Waals surface area contributed by atoms with Gasteiger partial charge in [-0.25, -0.2) is 8.42 Å². The lowest BCUT2D eigenvalue weighted by Crippen LogP contribution is -2.51. The van der Waals surface area contributed by atoms with Gasteiger partial charge in [0.2, 0.25) is 21.8 Å². The van der Waals surface area contributed by atoms with Crippen LogP contribution in [0.4, 0.5) is 5.69 Å². The van der Waals surface area contributed by atoms with Crippen LogP contribution in [0.1, 0.15) is 69.4 Å². The largest absolute Gasteiger partial charge is 0.352 e. The molecule has 1 atom stereocenters. The quantitative estimate of drug-likeness (QED) is 0.373. The fraction of sp³-hybridized carbons (Fsp3) is 0.517. The molecular formula is C29H40ClN3O4S. The topological polar surface area (TPSA) is 86.8 Å². The molecule has 1 fully saturated rings. The van der Waals surface area contributed by atoms with Crippen LogP contribution in [-0.4, -0.2) is 50.0 Å². The van der Waals surface area contributed by atoms with Gasteiger partial charge >= 0.3 is 0 Å². The van der Waals surface area contributed by atoms with Crippen LogP contribution in [0.3, 0.4) is 0 Å². The Bertz CT molecular complexity index is 1180. The number of rotatable bonds is 12. The van der Waals surface area contributed by atoms with Crippen molar-refractivity contribution in [3.8, 4) is 0 Å². The van der Waals surface area contributed by atoms with Crippen LogP contribution in [0, 0.1) is 6.92 Å². The summed E-state index contributed by atoms with van der Waals surface area (Å²) in [5.41, 5.74) is 2.41. The number of benzene rings is 2. The van der Waals surface area contributed by atoms with Crippen molar-refractivity contribution < 1.29 is 18.0 Å². The Morgan fingerprint density at radius 2 is 1.76 bits per heavy atom. The lowest BCUT2D eigenvalue weighted by atomic mass is 9.95. The van der Waals surface area contributed by atoms with E-state index < -0.39 is 16.1 Å². The van der Waals surface area contributed by atoms with E-state index in [0.717, 1.165) is 36.8 Å². The molecule has 7 nitrogen and oxygen atoms in total. The van der Waals surface area contributed by atoms with E-state index in [1.807, 2.05) is 44.2 Å². The van der Waals surface area contributed by atoms with E-state index in [9.17, 15) is 18.0 Å². The molecule has 38 heavy (non-hydrogen) atoms. The molecule has 2 aromatic carbocycles. The molecule has 208 valence electrons. The molecule has 0 aliphatic heterocycles. The summed E-state index contributed by atoms with van der Waals surface area (Å²) in [5, 5.41) is 3.78. The van der Waals surface area contributed by atoms with Gasteiger partial charge in [-0.05, 0) is 68.0 Å². The Morgan fingerprint density at radius 3 is 2.37 bits per heavy atom. The zero-order valence-corrected chi connectivity index (χ0v) is 24.2. The number of nitrogens with one attached hydrogen (secondary N) is 1. The van der Waals surface area contributed by atoms with Gasteiger partial charge in [0.05, 0.1) is 11.9 Å². The molecule has 1 N–H and O–H groups in total. The van der Waals surface area contributed by atoms with Gasteiger partial charge in [0.25, 0.3) is 0 Å². The number of carbonyl (C=O) groups is 2. The minimum absolute atomic E-state index is 0.124. The standard InChI is InChI=1S/C29H40ClN3O4S/c1-4-27(29(35)31-25-11-6-5-7-12-25)32(21-23-15-17-24(30)18-16-23)28(34)14-9-19-33(38(3,36)37)26-13-8-10-22(2)20-26/h8,10,13,15-18,20,25,27H,4-7,9,11-12,14,19,21H2,1-3H3,(H,31,35)/t27-/m0/s1. The van der Waals surface area contributed by atoms with Crippen LogP contribution in [-0.2, 0) is 26.2 Å². The Balaban J connectivity index is 1.75. The Morgan fingerprint density at radius 1 is 1.08 bits per heavy atom. The summed E-state index contributed by atoms with van der Waals surface area (Å²) >= 11 is 6.06. The second kappa shape index (κ2) is 14.0. The van der Waals surface area contributed by atoms with Crippen molar-refractivity contribution in [1.29, 1.82) is 0 Å². The number of hydrogen-bond acceptors (Lipinski definition) is 4. The predicted molar refractivity (Wildman–Crippen MR) is 154 cm³/mol. The summed E-state index contributed by atoms with van der Waals surface area (Å²) in [6.45, 7) is 4.27. The number of sulfonamides is 1. The molecule has 0 unspecified atom stereocenters. The molecule has 0 bridgehead atoms. The number of anilines is 1. The highest BCUT2D eigenvalue weighted by molar-refractivity contribution is 7.92. The molecule has 9 heteroatoms. The summed E-state index contributed by atoms with van der Waals surface area (Å²) in [6, 6.07) is 14.1. The van der Waals surface area contributed by atoms with Gasteiger partial charge in [0, 0.05) is 30.6 Å². The van der Waals surface area contributed by atoms with Crippen molar-refractivity contribution in [1.82, 2.24) is 10.2 Å². The minimum Gasteiger partial charge on any atom is -0.352 e. The summed E-state index contributed by atoms with van der Waals surface area (Å²) in [4.78, 5) is 28.6. The number of nitrogens with zero attached hydrogens (tertiary/aromatic N) is 2. The lowest BCUT2D eigenvalue weighted by Gasteiger charge is -2.33. The Labute approximate surface area is 232 Å². The first-order valence-electron chi connectivity index (χ1n) is 13.5. The number of amides is 2. The van der Waals surface area contributed by atoms with E-state index in [0.29, 0.717) is 23.6 Å². The van der Waals surface area contributed by atoms with Gasteiger partial charge < -0.3 is 10.2 Å². The van der Waals surface area contributed by atoms with E-state index in [1.165, 1.54) is 17.0 Å². The Kier molecular flexibility index (Phi) is 11.0. The highest BCUT2D eigenvalue weighted by atomic mass is 35.5. The summed E-state index contributed by atoms with van der Waals surface area (Å²) in [6.07, 6.45) is 7.44. The van der Waals surface area contributed by atoms with Gasteiger partial charge in [-0.1, -0.05) is 62.1 Å². The fourth-order valence-electron chi connectivity index (χ4n) is 5.04. The van der Waals surface area contributed by atoms with Crippen molar-refractivity contribution >= 4 is 39.1 Å². The van der Waals surface area contributed by atoms with Gasteiger partial charge in [0.1, 0.15) is 6.04 Å². The number of hydrogen-bond donors (Lipinski definition) is 1. The third-order valence-electron chi connectivity index (χ3n) is 7.05. The van der Waals surface area contributed by atoms with E-state index in [-0.39, 0.29) is 37.4 Å². The van der Waals surface area contributed by atoms with E-state index >= 15 is 0 Å². The molecule has 1 saturated carbocycles. The smallest absolute Gasteiger partial charge is 0.243 e. The molecule has 1 aliphatic carbocycles. The SMILES string of the molecule is CC[C@@H](C(=O)NC1CCCCC1)N(Cc1ccc(Cl)cc1)C(=O)CCCN(c1cccc(C)c1)S(C)(=O)=O. The fourth-order valence-corrected chi connectivity index (χ4v) is 6.12. The third-order valence-corrected chi connectivity index (χ3v) is 8.49. The molecule has 1 aliphatic rings. The first-order chi connectivity index (χ1) is 18.1. The summed E-state index contributed by atoms with van der Waals surface area (Å²) in [7, 11) is -3.52. The van der Waals surface area contributed by atoms with Crippen LogP contribution in [0.2, 0.25) is 5.02 Å². The van der Waals surface area contributed by atoms with Crippen LogP contribution in [0.25, 0.3) is 0 Å². The second-order valence-corrected chi connectivity index (χ2v) is 12.5. The Hall–Kier alpha value is -2.58. The van der Waals surface area contributed by atoms with Crippen molar-refractivity contribution in [2.45, 2.75) is 83.8 Å². The number of carbonyl (C=O) groups excluding carboxylic acids is 2. The predicted octanol–water partition coefficient (Wildman–Crippen LogP) is 5.45. The maximum absolute atomic E-state index is 13.6. The van der Waals surface area contributed by atoms with Crippen LogP contribution >= 0.6 is 11.6 Å². The molecular weight excluding hydrogens is 522 g/mol. The molecule has 0 saturated heterocycles. The van der Waals surface area contributed by atoms with Gasteiger partial charge in [-0.2, -0.15) is 0 Å². The first kappa shape index (κ1) is 30.0. The zero-order valence-electron chi connectivity index (χ0n) is 22.7. The van der Waals surface area contributed by atoms with E-state index in [4.69, 9.17) is 11.6 Å². The molecule has 0 spiro atoms. The average molecular weight is 562 g/mol. The molecule has 0 radical (unpaired) electrons. The van der Waals surface area contributed by atoms with Crippen molar-refractivity contribution in [2.24, 2.45) is 0 Å². The van der Waals surface area contributed by atoms with Crippen LogP contribution in [0.15, 0.2) is 48.5 Å². The van der Waals surface area contributed by atoms with Gasteiger partial charge in [-0.3, -0.25) is 13.9 Å². The van der Waals surface area contributed by atoms with E-state index in [1.54, 1.807) is 23.1 Å². The molecule has 3 rings (SSSR count). The van der Waals surface area contributed by atoms with Crippen molar-refractivity contribution in [3.05, 3.63) is 64.7 Å². The summed E-state index contributed by atoms with van der Waals surface area (Å²) in [5.74, 6) is -0.303. The highest BCUT2D eigenvalue weighted by Gasteiger charge is 2.30. The van der Waals surface area contributed by atoms with Crippen LogP contribution in [0.5, 0.6) is 0 Å². The maximum atomic E-state index is 13.6. The average Bonchev–Trinajstić information content (AvgIpc) is 2.87. The summed E-state index contributed by atoms with van der Waals surface area (Å²) < 4.78 is 26.4. The second-order valence-electron chi connectivity index (χ2n) is 10.2. The molecule has 0 heterocycles. The van der Waals surface area contributed by atoms with Crippen LogP contribution < -0.4 is 9.62 Å². The minimum atomic E-state index is -3.52. The van der Waals surface area contributed by atoms with E-state index in [2.05, 4.69) is 5.32 Å². The molecule has 2 aromatic rings. The normalized spacial score (nSPS) is 15.1. The monoisotopic (exact) mass is 561 g/mol. The molecule has 2 amide bonds. The van der Waals surface area contributed by atoms with Crippen molar-refractivity contribution in [2.75, 3.05) is 17.1 Å². The highest BCUT2D eigenvalue weighted by Crippen LogP contribution is 2.22. The maximum Gasteiger partial charge on any atom is 0.243 e. The van der Waals surface area contributed by atoms with Gasteiger partial charge in [0.15, 0.2) is 0 Å². The first-order valence-corrected chi connectivity index (χ1v) is 15.7. The zero-order chi connectivity index (χ0) is 27.7. The lowest BCUT2D eigenvalue weighted by molar-refractivity contribution is -0.141. The van der Waals surface area contributed by atoms with Crippen molar-refractivity contribution in [3.63, 3.8) is 0 Å². The molecule has 0 aromatic heterocycles. The van der Waals surface area contributed by atoms with Gasteiger partial charge in [-0.15, -0.1) is 0 Å². The number of aryl methyl sites for hydroxylation is 1. The number of halogens is 1.